The average Bonchev–Trinajstić information content (AvgIpc) is 2.92. The van der Waals surface area contributed by atoms with Gasteiger partial charge in [-0.15, -0.1) is 0 Å². The van der Waals surface area contributed by atoms with Crippen molar-refractivity contribution >= 4 is 17.1 Å². The van der Waals surface area contributed by atoms with Gasteiger partial charge in [-0.25, -0.2) is 0 Å². The Bertz CT molecular complexity index is 1320. The van der Waals surface area contributed by atoms with E-state index in [1.807, 2.05) is 0 Å². The number of rotatable bonds is 7. The molecule has 166 valence electrons. The summed E-state index contributed by atoms with van der Waals surface area (Å²) in [5.74, 6) is 0. The van der Waals surface area contributed by atoms with Crippen molar-refractivity contribution in [1.29, 1.82) is 0 Å². The maximum atomic E-state index is 2.34. The first-order valence-electron chi connectivity index (χ1n) is 12.0. The minimum Gasteiger partial charge on any atom is -0.310 e. The number of hydrogen-bond acceptors (Lipinski definition) is 1. The molecule has 5 rings (SSSR count). The Morgan fingerprint density at radius 3 is 1.53 bits per heavy atom. The molecule has 34 heavy (non-hydrogen) atoms. The van der Waals surface area contributed by atoms with Gasteiger partial charge in [0.1, 0.15) is 0 Å². The Kier molecular flexibility index (Phi) is 6.54. The highest BCUT2D eigenvalue weighted by molar-refractivity contribution is 5.81. The topological polar surface area (TPSA) is 3.24 Å². The van der Waals surface area contributed by atoms with Crippen LogP contribution in [0.25, 0.3) is 22.3 Å². The molecular formula is C33H29N. The summed E-state index contributed by atoms with van der Waals surface area (Å²) in [6, 6.07) is 47.8. The lowest BCUT2D eigenvalue weighted by Gasteiger charge is -2.26. The molecule has 0 spiro atoms. The van der Waals surface area contributed by atoms with Crippen LogP contribution in [0.5, 0.6) is 0 Å². The summed E-state index contributed by atoms with van der Waals surface area (Å²) in [6.07, 6.45) is 2.26. The molecule has 0 atom stereocenters. The van der Waals surface area contributed by atoms with Crippen LogP contribution in [0.1, 0.15) is 18.9 Å². The van der Waals surface area contributed by atoms with Gasteiger partial charge in [0, 0.05) is 17.1 Å². The molecule has 0 heterocycles. The van der Waals surface area contributed by atoms with Crippen LogP contribution in [0.4, 0.5) is 17.1 Å². The van der Waals surface area contributed by atoms with Gasteiger partial charge in [-0.1, -0.05) is 110 Å². The summed E-state index contributed by atoms with van der Waals surface area (Å²) < 4.78 is 0. The number of aryl methyl sites for hydroxylation is 1. The molecule has 0 saturated carbocycles. The number of hydrogen-bond donors (Lipinski definition) is 0. The lowest BCUT2D eigenvalue weighted by molar-refractivity contribution is 0.922. The van der Waals surface area contributed by atoms with Gasteiger partial charge in [0.05, 0.1) is 0 Å². The van der Waals surface area contributed by atoms with E-state index in [1.54, 1.807) is 0 Å². The fourth-order valence-corrected chi connectivity index (χ4v) is 4.44. The van der Waals surface area contributed by atoms with Crippen LogP contribution in [-0.2, 0) is 6.42 Å². The Balaban J connectivity index is 1.57. The van der Waals surface area contributed by atoms with Gasteiger partial charge in [-0.05, 0) is 70.6 Å². The Morgan fingerprint density at radius 2 is 0.941 bits per heavy atom. The normalized spacial score (nSPS) is 10.7. The Morgan fingerprint density at radius 1 is 0.441 bits per heavy atom. The molecule has 0 saturated heterocycles. The van der Waals surface area contributed by atoms with E-state index < -0.39 is 0 Å². The first kappa shape index (κ1) is 21.7. The van der Waals surface area contributed by atoms with Crippen molar-refractivity contribution in [1.82, 2.24) is 0 Å². The largest absolute Gasteiger partial charge is 0.310 e. The van der Waals surface area contributed by atoms with E-state index in [-0.39, 0.29) is 0 Å². The van der Waals surface area contributed by atoms with Gasteiger partial charge in [-0.2, -0.15) is 0 Å². The van der Waals surface area contributed by atoms with Gasteiger partial charge in [-0.3, -0.25) is 0 Å². The molecule has 0 aromatic heterocycles. The zero-order valence-corrected chi connectivity index (χ0v) is 19.6. The van der Waals surface area contributed by atoms with Crippen molar-refractivity contribution in [2.75, 3.05) is 4.90 Å². The van der Waals surface area contributed by atoms with Crippen LogP contribution in [0.2, 0.25) is 0 Å². The summed E-state index contributed by atoms with van der Waals surface area (Å²) in [5, 5.41) is 0. The smallest absolute Gasteiger partial charge is 0.0467 e. The Labute approximate surface area is 203 Å². The van der Waals surface area contributed by atoms with E-state index in [9.17, 15) is 0 Å². The van der Waals surface area contributed by atoms with Crippen molar-refractivity contribution in [3.8, 4) is 22.3 Å². The highest BCUT2D eigenvalue weighted by Gasteiger charge is 2.14. The van der Waals surface area contributed by atoms with E-state index in [4.69, 9.17) is 0 Å². The van der Waals surface area contributed by atoms with Crippen molar-refractivity contribution in [3.05, 3.63) is 139 Å². The molecule has 0 N–H and O–H groups in total. The van der Waals surface area contributed by atoms with E-state index in [1.165, 1.54) is 27.8 Å². The quantitative estimate of drug-likeness (QED) is 0.244. The molecule has 1 heteroatoms. The molecule has 5 aromatic rings. The molecule has 0 fully saturated rings. The predicted octanol–water partition coefficient (Wildman–Crippen LogP) is 9.44. The van der Waals surface area contributed by atoms with Crippen LogP contribution in [0.3, 0.4) is 0 Å². The highest BCUT2D eigenvalue weighted by Crippen LogP contribution is 2.37. The molecule has 0 amide bonds. The molecule has 5 aromatic carbocycles. The monoisotopic (exact) mass is 439 g/mol. The van der Waals surface area contributed by atoms with Gasteiger partial charge >= 0.3 is 0 Å². The fraction of sp³-hybridized carbons (Fsp3) is 0.0909. The zero-order valence-electron chi connectivity index (χ0n) is 19.6. The van der Waals surface area contributed by atoms with Crippen molar-refractivity contribution in [2.24, 2.45) is 0 Å². The minimum absolute atomic E-state index is 1.11. The second kappa shape index (κ2) is 10.2. The first-order valence-corrected chi connectivity index (χ1v) is 12.0. The summed E-state index contributed by atoms with van der Waals surface area (Å²) in [4.78, 5) is 2.34. The zero-order chi connectivity index (χ0) is 23.2. The third-order valence-corrected chi connectivity index (χ3v) is 6.18. The maximum absolute atomic E-state index is 2.34. The lowest BCUT2D eigenvalue weighted by atomic mass is 10.0. The molecule has 0 radical (unpaired) electrons. The third-order valence-electron chi connectivity index (χ3n) is 6.18. The SMILES string of the molecule is CCCc1ccc(N(c2ccc(-c3ccccc3)cc2)c2cccc(-c3ccccc3)c2)cc1. The van der Waals surface area contributed by atoms with Gasteiger partial charge in [0.15, 0.2) is 0 Å². The molecule has 0 unspecified atom stereocenters. The summed E-state index contributed by atoms with van der Waals surface area (Å²) in [5.41, 5.74) is 9.73. The summed E-state index contributed by atoms with van der Waals surface area (Å²) in [6.45, 7) is 2.23. The van der Waals surface area contributed by atoms with Crippen LogP contribution < -0.4 is 4.90 Å². The standard InChI is InChI=1S/C33H29N/c1-2-10-26-17-21-31(22-18-26)34(32-23-19-29(20-24-32)27-11-5-3-6-12-27)33-16-9-15-30(25-33)28-13-7-4-8-14-28/h3-9,11-25H,2,10H2,1H3. The second-order valence-corrected chi connectivity index (χ2v) is 8.58. The third kappa shape index (κ3) is 4.79. The molecule has 0 aliphatic carbocycles. The fourth-order valence-electron chi connectivity index (χ4n) is 4.44. The maximum Gasteiger partial charge on any atom is 0.0467 e. The molecule has 0 aliphatic rings. The van der Waals surface area contributed by atoms with E-state index >= 15 is 0 Å². The number of benzene rings is 5. The van der Waals surface area contributed by atoms with E-state index in [0.29, 0.717) is 0 Å². The molecule has 1 nitrogen and oxygen atoms in total. The second-order valence-electron chi connectivity index (χ2n) is 8.58. The summed E-state index contributed by atoms with van der Waals surface area (Å²) >= 11 is 0. The van der Waals surface area contributed by atoms with Crippen molar-refractivity contribution < 1.29 is 0 Å². The van der Waals surface area contributed by atoms with Crippen LogP contribution >= 0.6 is 0 Å². The van der Waals surface area contributed by atoms with Crippen molar-refractivity contribution in [2.45, 2.75) is 19.8 Å². The van der Waals surface area contributed by atoms with E-state index in [2.05, 4.69) is 145 Å². The van der Waals surface area contributed by atoms with E-state index in [0.717, 1.165) is 29.9 Å². The van der Waals surface area contributed by atoms with Gasteiger partial charge in [0.2, 0.25) is 0 Å². The van der Waals surface area contributed by atoms with Gasteiger partial charge < -0.3 is 4.90 Å². The number of anilines is 3. The van der Waals surface area contributed by atoms with Gasteiger partial charge in [0.25, 0.3) is 0 Å². The first-order chi connectivity index (χ1) is 16.8. The summed E-state index contributed by atoms with van der Waals surface area (Å²) in [7, 11) is 0. The average molecular weight is 440 g/mol. The van der Waals surface area contributed by atoms with Crippen LogP contribution in [0.15, 0.2) is 133 Å². The molecule has 0 aliphatic heterocycles. The Hall–Kier alpha value is -4.10. The van der Waals surface area contributed by atoms with Crippen LogP contribution in [-0.4, -0.2) is 0 Å². The van der Waals surface area contributed by atoms with Crippen LogP contribution in [0, 0.1) is 0 Å². The highest BCUT2D eigenvalue weighted by atomic mass is 15.1. The number of nitrogens with zero attached hydrogens (tertiary/aromatic N) is 1. The minimum atomic E-state index is 1.11. The molecular weight excluding hydrogens is 410 g/mol. The van der Waals surface area contributed by atoms with Crippen molar-refractivity contribution in [3.63, 3.8) is 0 Å². The lowest BCUT2D eigenvalue weighted by Crippen LogP contribution is -2.10. The molecule has 0 bridgehead atoms. The predicted molar refractivity (Wildman–Crippen MR) is 146 cm³/mol.